The molecule has 2 heterocycles. The van der Waals surface area contributed by atoms with E-state index in [1.807, 2.05) is 55.6 Å². The number of nitrogens with zero attached hydrogens (tertiary/aromatic N) is 5. The van der Waals surface area contributed by atoms with E-state index < -0.39 is 5.76 Å². The molecule has 0 bridgehead atoms. The number of aromatic nitrogens is 4. The molecule has 4 aromatic rings. The van der Waals surface area contributed by atoms with Gasteiger partial charge in [0.05, 0.1) is 11.3 Å². The highest BCUT2D eigenvalue weighted by Crippen LogP contribution is 2.25. The van der Waals surface area contributed by atoms with Gasteiger partial charge in [-0.05, 0) is 52.2 Å². The van der Waals surface area contributed by atoms with Gasteiger partial charge in [-0.3, -0.25) is 9.36 Å². The largest absolute Gasteiger partial charge is 0.419 e. The molecule has 1 amide bonds. The van der Waals surface area contributed by atoms with Crippen molar-refractivity contribution in [3.63, 3.8) is 0 Å². The molecule has 0 unspecified atom stereocenters. The number of likely N-dealkylation sites (N-methyl/N-ethyl adjacent to an activating group) is 1. The predicted octanol–water partition coefficient (Wildman–Crippen LogP) is 3.47. The van der Waals surface area contributed by atoms with E-state index in [0.29, 0.717) is 41.6 Å². The average Bonchev–Trinajstić information content (AvgIpc) is 3.35. The molecule has 34 heavy (non-hydrogen) atoms. The van der Waals surface area contributed by atoms with Crippen molar-refractivity contribution < 1.29 is 9.21 Å². The lowest BCUT2D eigenvalue weighted by atomic mass is 10.1. The third-order valence-electron chi connectivity index (χ3n) is 5.36. The predicted molar refractivity (Wildman–Crippen MR) is 134 cm³/mol. The Morgan fingerprint density at radius 2 is 1.97 bits per heavy atom. The summed E-state index contributed by atoms with van der Waals surface area (Å²) in [4.78, 5) is 26.9. The molecular weight excluding hydrogens is 452 g/mol. The monoisotopic (exact) mass is 480 g/mol. The van der Waals surface area contributed by atoms with Crippen molar-refractivity contribution in [1.82, 2.24) is 24.2 Å². The highest BCUT2D eigenvalue weighted by molar-refractivity contribution is 7.99. The maximum Gasteiger partial charge on any atom is 0.419 e. The molecule has 0 atom stereocenters. The quantitative estimate of drug-likeness (QED) is 0.366. The minimum Gasteiger partial charge on any atom is -0.408 e. The number of anilines is 1. The fourth-order valence-corrected chi connectivity index (χ4v) is 4.46. The van der Waals surface area contributed by atoms with Gasteiger partial charge < -0.3 is 19.2 Å². The lowest BCUT2D eigenvalue weighted by molar-refractivity contribution is -0.113. The number of benzene rings is 2. The zero-order chi connectivity index (χ0) is 24.2. The number of fused-ring (bicyclic) bond motifs is 1. The number of rotatable bonds is 9. The van der Waals surface area contributed by atoms with Gasteiger partial charge in [-0.25, -0.2) is 4.79 Å². The van der Waals surface area contributed by atoms with E-state index in [0.717, 1.165) is 17.0 Å². The second-order valence-electron chi connectivity index (χ2n) is 8.26. The number of hydrogen-bond donors (Lipinski definition) is 1. The van der Waals surface area contributed by atoms with Crippen molar-refractivity contribution in [1.29, 1.82) is 0 Å². The number of hydrogen-bond acceptors (Lipinski definition) is 7. The molecule has 0 aliphatic heterocycles. The first-order chi connectivity index (χ1) is 16.4. The van der Waals surface area contributed by atoms with Crippen molar-refractivity contribution in [2.45, 2.75) is 32.1 Å². The summed E-state index contributed by atoms with van der Waals surface area (Å²) in [5.41, 5.74) is 3.91. The van der Waals surface area contributed by atoms with Crippen molar-refractivity contribution >= 4 is 34.5 Å². The number of carbonyl (C=O) groups excluding carboxylic acids is 1. The van der Waals surface area contributed by atoms with Gasteiger partial charge in [0.25, 0.3) is 0 Å². The molecule has 1 N–H and O–H groups in total. The molecule has 0 spiro atoms. The van der Waals surface area contributed by atoms with E-state index in [9.17, 15) is 9.59 Å². The van der Waals surface area contributed by atoms with E-state index >= 15 is 0 Å². The van der Waals surface area contributed by atoms with Gasteiger partial charge >= 0.3 is 5.76 Å². The SMILES string of the molecule is CCn1c(SCC(=O)Nc2ccc3oc(=O)n(CCN(C)C)c3c2)nnc1-c1cccc(C)c1. The first-order valence-corrected chi connectivity index (χ1v) is 12.0. The van der Waals surface area contributed by atoms with Crippen LogP contribution in [0.1, 0.15) is 12.5 Å². The van der Waals surface area contributed by atoms with Crippen LogP contribution in [0.4, 0.5) is 5.69 Å². The van der Waals surface area contributed by atoms with Gasteiger partial charge in [-0.1, -0.05) is 35.5 Å². The zero-order valence-electron chi connectivity index (χ0n) is 19.7. The highest BCUT2D eigenvalue weighted by Gasteiger charge is 2.16. The third kappa shape index (κ3) is 5.23. The van der Waals surface area contributed by atoms with Gasteiger partial charge in [-0.15, -0.1) is 10.2 Å². The Balaban J connectivity index is 1.45. The van der Waals surface area contributed by atoms with Crippen molar-refractivity contribution in [2.75, 3.05) is 31.7 Å². The summed E-state index contributed by atoms with van der Waals surface area (Å²) in [6, 6.07) is 13.3. The van der Waals surface area contributed by atoms with Crippen LogP contribution in [0.5, 0.6) is 0 Å². The van der Waals surface area contributed by atoms with Crippen LogP contribution >= 0.6 is 11.8 Å². The fourth-order valence-electron chi connectivity index (χ4n) is 3.66. The molecule has 0 radical (unpaired) electrons. The van der Waals surface area contributed by atoms with Crippen LogP contribution in [-0.4, -0.2) is 56.5 Å². The maximum atomic E-state index is 12.7. The van der Waals surface area contributed by atoms with E-state index in [1.54, 1.807) is 22.8 Å². The van der Waals surface area contributed by atoms with Gasteiger partial charge in [0, 0.05) is 30.9 Å². The number of nitrogens with one attached hydrogen (secondary N) is 1. The summed E-state index contributed by atoms with van der Waals surface area (Å²) in [5, 5.41) is 12.2. The molecular formula is C24H28N6O3S. The molecule has 0 fully saturated rings. The summed E-state index contributed by atoms with van der Waals surface area (Å²) in [7, 11) is 3.89. The van der Waals surface area contributed by atoms with Crippen molar-refractivity contribution in [2.24, 2.45) is 0 Å². The fraction of sp³-hybridized carbons (Fsp3) is 0.333. The van der Waals surface area contributed by atoms with Gasteiger partial charge in [0.15, 0.2) is 16.6 Å². The van der Waals surface area contributed by atoms with Gasteiger partial charge in [-0.2, -0.15) is 0 Å². The van der Waals surface area contributed by atoms with E-state index in [1.165, 1.54) is 11.8 Å². The lowest BCUT2D eigenvalue weighted by Crippen LogP contribution is -2.23. The smallest absolute Gasteiger partial charge is 0.408 e. The Morgan fingerprint density at radius 1 is 1.15 bits per heavy atom. The Labute approximate surface area is 201 Å². The summed E-state index contributed by atoms with van der Waals surface area (Å²) < 4.78 is 8.91. The van der Waals surface area contributed by atoms with Crippen LogP contribution in [0.15, 0.2) is 56.8 Å². The molecule has 0 saturated heterocycles. The Hall–Kier alpha value is -3.37. The summed E-state index contributed by atoms with van der Waals surface area (Å²) in [5.74, 6) is 0.398. The van der Waals surface area contributed by atoms with E-state index in [-0.39, 0.29) is 11.7 Å². The highest BCUT2D eigenvalue weighted by atomic mass is 32.2. The Morgan fingerprint density at radius 3 is 2.71 bits per heavy atom. The number of thioether (sulfide) groups is 1. The lowest BCUT2D eigenvalue weighted by Gasteiger charge is -2.10. The van der Waals surface area contributed by atoms with Crippen molar-refractivity contribution in [3.05, 3.63) is 58.6 Å². The minimum atomic E-state index is -0.404. The molecule has 2 aromatic carbocycles. The second-order valence-corrected chi connectivity index (χ2v) is 9.20. The van der Waals surface area contributed by atoms with Crippen molar-refractivity contribution in [3.8, 4) is 11.4 Å². The minimum absolute atomic E-state index is 0.169. The standard InChI is InChI=1S/C24H28N6O3S/c1-5-29-22(17-8-6-7-16(2)13-17)26-27-23(29)34-15-21(31)25-18-9-10-20-19(14-18)30(24(32)33-20)12-11-28(3)4/h6-10,13-14H,5,11-12,15H2,1-4H3,(H,25,31). The van der Waals surface area contributed by atoms with E-state index in [4.69, 9.17) is 4.42 Å². The summed E-state index contributed by atoms with van der Waals surface area (Å²) in [6.07, 6.45) is 0. The molecule has 9 nitrogen and oxygen atoms in total. The molecule has 4 rings (SSSR count). The molecule has 0 aliphatic rings. The van der Waals surface area contributed by atoms with Crippen LogP contribution in [0, 0.1) is 6.92 Å². The average molecular weight is 481 g/mol. The van der Waals surface area contributed by atoms with Crippen LogP contribution in [0.3, 0.4) is 0 Å². The van der Waals surface area contributed by atoms with Crippen LogP contribution in [0.2, 0.25) is 0 Å². The van der Waals surface area contributed by atoms with Crippen LogP contribution < -0.4 is 11.1 Å². The zero-order valence-corrected chi connectivity index (χ0v) is 20.6. The molecule has 178 valence electrons. The number of aryl methyl sites for hydroxylation is 1. The van der Waals surface area contributed by atoms with Gasteiger partial charge in [0.2, 0.25) is 5.91 Å². The first-order valence-electron chi connectivity index (χ1n) is 11.1. The summed E-state index contributed by atoms with van der Waals surface area (Å²) in [6.45, 7) is 5.97. The Kier molecular flexibility index (Phi) is 7.18. The van der Waals surface area contributed by atoms with Gasteiger partial charge in [0.1, 0.15) is 0 Å². The topological polar surface area (TPSA) is 98.2 Å². The molecule has 0 aliphatic carbocycles. The van der Waals surface area contributed by atoms with Crippen LogP contribution in [0.25, 0.3) is 22.5 Å². The molecule has 2 aromatic heterocycles. The first kappa shape index (κ1) is 23.8. The summed E-state index contributed by atoms with van der Waals surface area (Å²) >= 11 is 1.34. The normalized spacial score (nSPS) is 11.4. The maximum absolute atomic E-state index is 12.7. The Bertz CT molecular complexity index is 1370. The molecule has 10 heteroatoms. The number of oxazole rings is 1. The second kappa shape index (κ2) is 10.3. The third-order valence-corrected chi connectivity index (χ3v) is 6.33. The van der Waals surface area contributed by atoms with E-state index in [2.05, 4.69) is 21.6 Å². The number of amides is 1. The number of carbonyl (C=O) groups is 1. The van der Waals surface area contributed by atoms with Crippen LogP contribution in [-0.2, 0) is 17.9 Å². The molecule has 0 saturated carbocycles.